The van der Waals surface area contributed by atoms with E-state index in [0.717, 1.165) is 10.6 Å². The fourth-order valence-corrected chi connectivity index (χ4v) is 3.67. The highest BCUT2D eigenvalue weighted by molar-refractivity contribution is 7.89. The number of nitrogens with zero attached hydrogens (tertiary/aromatic N) is 2. The second-order valence-corrected chi connectivity index (χ2v) is 7.93. The Balaban J connectivity index is 1.85. The van der Waals surface area contributed by atoms with Gasteiger partial charge >= 0.3 is 0 Å². The Kier molecular flexibility index (Phi) is 5.25. The van der Waals surface area contributed by atoms with E-state index in [1.54, 1.807) is 19.1 Å². The van der Waals surface area contributed by atoms with Crippen molar-refractivity contribution in [2.24, 2.45) is 0 Å². The molecule has 0 radical (unpaired) electrons. The highest BCUT2D eigenvalue weighted by Gasteiger charge is 2.16. The lowest BCUT2D eigenvalue weighted by Gasteiger charge is -2.11. The molecule has 2 aromatic carbocycles. The number of amides is 1. The Morgan fingerprint density at radius 2 is 1.96 bits per heavy atom. The van der Waals surface area contributed by atoms with E-state index in [-0.39, 0.29) is 22.5 Å². The molecule has 8 nitrogen and oxygen atoms in total. The van der Waals surface area contributed by atoms with Crippen molar-refractivity contribution in [1.29, 1.82) is 0 Å². The van der Waals surface area contributed by atoms with Crippen molar-refractivity contribution in [3.63, 3.8) is 0 Å². The summed E-state index contributed by atoms with van der Waals surface area (Å²) in [6.45, 7) is 1.27. The van der Waals surface area contributed by atoms with E-state index >= 15 is 0 Å². The van der Waals surface area contributed by atoms with Crippen LogP contribution in [-0.2, 0) is 21.4 Å². The largest absolute Gasteiger partial charge is 0.324 e. The third-order valence-electron chi connectivity index (χ3n) is 4.13. The highest BCUT2D eigenvalue weighted by Crippen LogP contribution is 2.20. The van der Waals surface area contributed by atoms with Gasteiger partial charge in [0.2, 0.25) is 15.9 Å². The molecule has 0 bridgehead atoms. The van der Waals surface area contributed by atoms with Crippen LogP contribution in [0.2, 0.25) is 0 Å². The van der Waals surface area contributed by atoms with Crippen LogP contribution in [0.1, 0.15) is 5.56 Å². The molecule has 0 unspecified atom stereocenters. The first kappa shape index (κ1) is 19.6. The standard InChI is InChI=1S/C18H17FN4O4S/c1-11-3-5-13(8-16(11)28(26,27)20-2)22-17(24)9-23-10-21-15-6-4-12(19)7-14(15)18(23)25/h3-8,10,20H,9H2,1-2H3,(H,22,24). The third kappa shape index (κ3) is 3.92. The molecule has 10 heteroatoms. The van der Waals surface area contributed by atoms with Gasteiger partial charge in [-0.2, -0.15) is 0 Å². The Morgan fingerprint density at radius 1 is 1.21 bits per heavy atom. The van der Waals surface area contributed by atoms with Crippen molar-refractivity contribution >= 4 is 32.5 Å². The Labute approximate surface area is 160 Å². The number of sulfonamides is 1. The molecular formula is C18H17FN4O4S. The molecule has 28 heavy (non-hydrogen) atoms. The molecule has 0 aliphatic rings. The average molecular weight is 404 g/mol. The molecule has 0 atom stereocenters. The lowest BCUT2D eigenvalue weighted by molar-refractivity contribution is -0.116. The summed E-state index contributed by atoms with van der Waals surface area (Å²) in [6, 6.07) is 8.08. The number of halogens is 1. The second-order valence-electron chi connectivity index (χ2n) is 6.08. The number of anilines is 1. The van der Waals surface area contributed by atoms with Gasteiger partial charge < -0.3 is 5.32 Å². The number of hydrogen-bond donors (Lipinski definition) is 2. The maximum atomic E-state index is 13.4. The summed E-state index contributed by atoms with van der Waals surface area (Å²) >= 11 is 0. The third-order valence-corrected chi connectivity index (χ3v) is 5.69. The lowest BCUT2D eigenvalue weighted by atomic mass is 10.2. The molecule has 1 aromatic heterocycles. The van der Waals surface area contributed by atoms with Crippen molar-refractivity contribution in [2.75, 3.05) is 12.4 Å². The van der Waals surface area contributed by atoms with E-state index in [0.29, 0.717) is 11.1 Å². The number of carbonyl (C=O) groups is 1. The summed E-state index contributed by atoms with van der Waals surface area (Å²) in [5.74, 6) is -1.14. The number of hydrogen-bond acceptors (Lipinski definition) is 5. The van der Waals surface area contributed by atoms with Crippen molar-refractivity contribution in [1.82, 2.24) is 14.3 Å². The van der Waals surface area contributed by atoms with E-state index in [1.165, 1.54) is 31.6 Å². The van der Waals surface area contributed by atoms with E-state index < -0.39 is 27.3 Å². The first-order valence-corrected chi connectivity index (χ1v) is 9.68. The maximum Gasteiger partial charge on any atom is 0.261 e. The van der Waals surface area contributed by atoms with Crippen LogP contribution in [0.15, 0.2) is 52.4 Å². The minimum Gasteiger partial charge on any atom is -0.324 e. The summed E-state index contributed by atoms with van der Waals surface area (Å²) in [4.78, 5) is 28.8. The Bertz CT molecular complexity index is 1240. The van der Waals surface area contributed by atoms with Crippen LogP contribution in [0.4, 0.5) is 10.1 Å². The molecule has 0 saturated heterocycles. The quantitative estimate of drug-likeness (QED) is 0.668. The topological polar surface area (TPSA) is 110 Å². The molecule has 1 heterocycles. The van der Waals surface area contributed by atoms with Crippen molar-refractivity contribution < 1.29 is 17.6 Å². The number of carbonyl (C=O) groups excluding carboxylic acids is 1. The molecular weight excluding hydrogens is 387 g/mol. The number of rotatable bonds is 5. The summed E-state index contributed by atoms with van der Waals surface area (Å²) in [7, 11) is -2.39. The van der Waals surface area contributed by atoms with Crippen LogP contribution in [0, 0.1) is 12.7 Å². The number of aromatic nitrogens is 2. The van der Waals surface area contributed by atoms with Gasteiger partial charge in [-0.25, -0.2) is 22.5 Å². The van der Waals surface area contributed by atoms with Gasteiger partial charge in [0.25, 0.3) is 5.56 Å². The van der Waals surface area contributed by atoms with Crippen molar-refractivity contribution in [2.45, 2.75) is 18.4 Å². The van der Waals surface area contributed by atoms with Gasteiger partial charge in [0.1, 0.15) is 12.4 Å². The fraction of sp³-hybridized carbons (Fsp3) is 0.167. The fourth-order valence-electron chi connectivity index (χ4n) is 2.68. The Morgan fingerprint density at radius 3 is 2.68 bits per heavy atom. The molecule has 0 saturated carbocycles. The van der Waals surface area contributed by atoms with Gasteiger partial charge in [-0.15, -0.1) is 0 Å². The molecule has 3 rings (SSSR count). The van der Waals surface area contributed by atoms with Gasteiger partial charge in [-0.1, -0.05) is 6.07 Å². The molecule has 0 fully saturated rings. The zero-order chi connectivity index (χ0) is 20.5. The van der Waals surface area contributed by atoms with Crippen LogP contribution in [0.25, 0.3) is 10.9 Å². The zero-order valence-electron chi connectivity index (χ0n) is 15.1. The van der Waals surface area contributed by atoms with Crippen LogP contribution < -0.4 is 15.6 Å². The first-order chi connectivity index (χ1) is 13.2. The molecule has 0 aliphatic carbocycles. The smallest absolute Gasteiger partial charge is 0.261 e. The summed E-state index contributed by atoms with van der Waals surface area (Å²) in [6.07, 6.45) is 1.20. The SMILES string of the molecule is CNS(=O)(=O)c1cc(NC(=O)Cn2cnc3ccc(F)cc3c2=O)ccc1C. The van der Waals surface area contributed by atoms with E-state index in [4.69, 9.17) is 0 Å². The first-order valence-electron chi connectivity index (χ1n) is 8.20. The number of nitrogens with one attached hydrogen (secondary N) is 2. The van der Waals surface area contributed by atoms with E-state index in [2.05, 4.69) is 15.0 Å². The van der Waals surface area contributed by atoms with Crippen molar-refractivity contribution in [3.8, 4) is 0 Å². The minimum atomic E-state index is -3.68. The van der Waals surface area contributed by atoms with Gasteiger partial charge in [-0.3, -0.25) is 14.2 Å². The van der Waals surface area contributed by atoms with Crippen LogP contribution in [-0.4, -0.2) is 30.9 Å². The summed E-state index contributed by atoms with van der Waals surface area (Å²) in [5, 5.41) is 2.61. The summed E-state index contributed by atoms with van der Waals surface area (Å²) < 4.78 is 40.7. The second kappa shape index (κ2) is 7.49. The number of benzene rings is 2. The van der Waals surface area contributed by atoms with E-state index in [9.17, 15) is 22.4 Å². The van der Waals surface area contributed by atoms with Crippen LogP contribution >= 0.6 is 0 Å². The average Bonchev–Trinajstić information content (AvgIpc) is 2.66. The van der Waals surface area contributed by atoms with Gasteiger partial charge in [0, 0.05) is 5.69 Å². The maximum absolute atomic E-state index is 13.4. The molecule has 0 spiro atoms. The molecule has 0 aliphatic heterocycles. The molecule has 2 N–H and O–H groups in total. The molecule has 3 aromatic rings. The predicted molar refractivity (Wildman–Crippen MR) is 102 cm³/mol. The number of fused-ring (bicyclic) bond motifs is 1. The van der Waals surface area contributed by atoms with Crippen molar-refractivity contribution in [3.05, 3.63) is 64.5 Å². The molecule has 1 amide bonds. The normalized spacial score (nSPS) is 11.5. The minimum absolute atomic E-state index is 0.0350. The zero-order valence-corrected chi connectivity index (χ0v) is 15.9. The van der Waals surface area contributed by atoms with Gasteiger partial charge in [0.05, 0.1) is 22.1 Å². The van der Waals surface area contributed by atoms with Gasteiger partial charge in [0.15, 0.2) is 0 Å². The summed E-state index contributed by atoms with van der Waals surface area (Å²) in [5.41, 5.74) is 0.548. The van der Waals surface area contributed by atoms with Crippen LogP contribution in [0.5, 0.6) is 0 Å². The lowest BCUT2D eigenvalue weighted by Crippen LogP contribution is -2.28. The van der Waals surface area contributed by atoms with E-state index in [1.807, 2.05) is 0 Å². The monoisotopic (exact) mass is 404 g/mol. The highest BCUT2D eigenvalue weighted by atomic mass is 32.2. The van der Waals surface area contributed by atoms with Crippen LogP contribution in [0.3, 0.4) is 0 Å². The molecule has 146 valence electrons. The number of aryl methyl sites for hydroxylation is 1. The predicted octanol–water partition coefficient (Wildman–Crippen LogP) is 1.39. The van der Waals surface area contributed by atoms with Gasteiger partial charge in [-0.05, 0) is 49.9 Å². The Hall–Kier alpha value is -3.11.